The SMILES string of the molecule is CC(C)(C)OC(=O)CCCCCN.CC(C)(C)OC(=O)OC(=O)OC(C)(C)C.NCCCCN. The summed E-state index contributed by atoms with van der Waals surface area (Å²) < 4.78 is 18.9. The van der Waals surface area contributed by atoms with Crippen molar-refractivity contribution in [2.45, 2.75) is 118 Å². The molecule has 204 valence electrons. The van der Waals surface area contributed by atoms with Crippen molar-refractivity contribution in [3.8, 4) is 0 Å². The van der Waals surface area contributed by atoms with Crippen molar-refractivity contribution in [1.29, 1.82) is 0 Å². The van der Waals surface area contributed by atoms with E-state index in [2.05, 4.69) is 4.74 Å². The maximum absolute atomic E-state index is 11.2. The molecule has 10 nitrogen and oxygen atoms in total. The molecule has 0 bridgehead atoms. The van der Waals surface area contributed by atoms with Crippen LogP contribution < -0.4 is 17.2 Å². The normalized spacial score (nSPS) is 11.2. The summed E-state index contributed by atoms with van der Waals surface area (Å²) in [4.78, 5) is 33.2. The van der Waals surface area contributed by atoms with Crippen LogP contribution in [0.15, 0.2) is 0 Å². The molecule has 0 amide bonds. The van der Waals surface area contributed by atoms with E-state index in [1.165, 1.54) is 0 Å². The molecule has 0 fully saturated rings. The van der Waals surface area contributed by atoms with Gasteiger partial charge in [0.1, 0.15) is 16.8 Å². The third kappa shape index (κ3) is 37.4. The van der Waals surface area contributed by atoms with Crippen LogP contribution in [-0.4, -0.2) is 54.7 Å². The van der Waals surface area contributed by atoms with Gasteiger partial charge in [0.15, 0.2) is 0 Å². The van der Waals surface area contributed by atoms with Gasteiger partial charge in [0, 0.05) is 6.42 Å². The van der Waals surface area contributed by atoms with Crippen molar-refractivity contribution in [3.05, 3.63) is 0 Å². The maximum atomic E-state index is 11.2. The third-order valence-electron chi connectivity index (χ3n) is 3.11. The Labute approximate surface area is 206 Å². The monoisotopic (exact) mass is 493 g/mol. The fourth-order valence-corrected chi connectivity index (χ4v) is 1.88. The molecular formula is C24H51N3O7. The Kier molecular flexibility index (Phi) is 20.9. The van der Waals surface area contributed by atoms with Crippen molar-refractivity contribution in [1.82, 2.24) is 0 Å². The zero-order valence-corrected chi connectivity index (χ0v) is 23.0. The lowest BCUT2D eigenvalue weighted by molar-refractivity contribution is -0.154. The number of esters is 1. The highest BCUT2D eigenvalue weighted by Crippen LogP contribution is 2.12. The summed E-state index contributed by atoms with van der Waals surface area (Å²) >= 11 is 0. The second-order valence-electron chi connectivity index (χ2n) is 10.5. The summed E-state index contributed by atoms with van der Waals surface area (Å²) in [6.07, 6.45) is 3.41. The lowest BCUT2D eigenvalue weighted by Crippen LogP contribution is -2.29. The van der Waals surface area contributed by atoms with E-state index in [0.29, 0.717) is 13.0 Å². The molecule has 10 heteroatoms. The zero-order valence-electron chi connectivity index (χ0n) is 23.0. The summed E-state index contributed by atoms with van der Waals surface area (Å²) in [5.41, 5.74) is 13.9. The highest BCUT2D eigenvalue weighted by Gasteiger charge is 2.24. The van der Waals surface area contributed by atoms with E-state index in [9.17, 15) is 14.4 Å². The zero-order chi connectivity index (χ0) is 27.4. The number of unbranched alkanes of at least 4 members (excludes halogenated alkanes) is 3. The number of nitrogens with two attached hydrogens (primary N) is 3. The first-order valence-corrected chi connectivity index (χ1v) is 11.8. The Morgan fingerprint density at radius 3 is 1.15 bits per heavy atom. The molecule has 0 aliphatic rings. The van der Waals surface area contributed by atoms with E-state index in [1.54, 1.807) is 41.5 Å². The lowest BCUT2D eigenvalue weighted by atomic mass is 10.1. The van der Waals surface area contributed by atoms with Gasteiger partial charge in [-0.2, -0.15) is 0 Å². The molecule has 0 aromatic carbocycles. The fraction of sp³-hybridized carbons (Fsp3) is 0.875. The standard InChI is InChI=1S/C10H21NO2.C10H18O5.C4H12N2/c1-10(2,3)13-9(12)7-5-4-6-8-11;1-9(2,3)14-7(11)13-8(12)15-10(4,5)6;5-3-1-2-4-6/h4-8,11H2,1-3H3;1-6H3;1-6H2. The van der Waals surface area contributed by atoms with E-state index in [1.807, 2.05) is 20.8 Å². The van der Waals surface area contributed by atoms with Crippen LogP contribution in [0.1, 0.15) is 101 Å². The van der Waals surface area contributed by atoms with Crippen LogP contribution in [0.5, 0.6) is 0 Å². The second kappa shape index (κ2) is 19.4. The molecule has 34 heavy (non-hydrogen) atoms. The Hall–Kier alpha value is -1.91. The molecule has 0 spiro atoms. The minimum absolute atomic E-state index is 0.107. The van der Waals surface area contributed by atoms with Gasteiger partial charge in [0.05, 0.1) is 0 Å². The summed E-state index contributed by atoms with van der Waals surface area (Å²) in [6, 6.07) is 0. The largest absolute Gasteiger partial charge is 0.519 e. The van der Waals surface area contributed by atoms with E-state index in [0.717, 1.165) is 45.2 Å². The first-order chi connectivity index (χ1) is 15.4. The van der Waals surface area contributed by atoms with Gasteiger partial charge in [-0.3, -0.25) is 4.79 Å². The predicted molar refractivity (Wildman–Crippen MR) is 134 cm³/mol. The number of hydrogen-bond acceptors (Lipinski definition) is 10. The topological polar surface area (TPSA) is 166 Å². The second-order valence-corrected chi connectivity index (χ2v) is 10.5. The number of hydrogen-bond donors (Lipinski definition) is 3. The Morgan fingerprint density at radius 1 is 0.529 bits per heavy atom. The van der Waals surface area contributed by atoms with Crippen molar-refractivity contribution in [3.63, 3.8) is 0 Å². The Morgan fingerprint density at radius 2 is 0.853 bits per heavy atom. The summed E-state index contributed by atoms with van der Waals surface area (Å²) in [5.74, 6) is -0.107. The molecule has 0 aromatic rings. The van der Waals surface area contributed by atoms with E-state index in [4.69, 9.17) is 31.4 Å². The molecule has 0 saturated carbocycles. The molecule has 0 saturated heterocycles. The summed E-state index contributed by atoms with van der Waals surface area (Å²) in [7, 11) is 0. The number of carbonyl (C=O) groups is 3. The highest BCUT2D eigenvalue weighted by atomic mass is 16.8. The first kappa shape index (κ1) is 36.7. The first-order valence-electron chi connectivity index (χ1n) is 11.8. The highest BCUT2D eigenvalue weighted by molar-refractivity contribution is 5.77. The van der Waals surface area contributed by atoms with Crippen LogP contribution in [0.25, 0.3) is 0 Å². The van der Waals surface area contributed by atoms with Gasteiger partial charge in [0.25, 0.3) is 0 Å². The van der Waals surface area contributed by atoms with Crippen LogP contribution in [0.2, 0.25) is 0 Å². The molecule has 0 heterocycles. The molecule has 6 N–H and O–H groups in total. The van der Waals surface area contributed by atoms with Crippen molar-refractivity contribution >= 4 is 18.3 Å². The predicted octanol–water partition coefficient (Wildman–Crippen LogP) is 4.40. The van der Waals surface area contributed by atoms with Gasteiger partial charge < -0.3 is 36.1 Å². The van der Waals surface area contributed by atoms with Gasteiger partial charge in [-0.15, -0.1) is 0 Å². The number of ether oxygens (including phenoxy) is 4. The molecule has 0 aliphatic heterocycles. The lowest BCUT2D eigenvalue weighted by Gasteiger charge is -2.20. The van der Waals surface area contributed by atoms with Gasteiger partial charge in [-0.05, 0) is 108 Å². The molecule has 0 rings (SSSR count). The third-order valence-corrected chi connectivity index (χ3v) is 3.11. The number of rotatable bonds is 8. The fourth-order valence-electron chi connectivity index (χ4n) is 1.88. The minimum Gasteiger partial charge on any atom is -0.460 e. The molecule has 0 radical (unpaired) electrons. The molecule has 0 aromatic heterocycles. The molecular weight excluding hydrogens is 442 g/mol. The van der Waals surface area contributed by atoms with Crippen LogP contribution in [0, 0.1) is 0 Å². The van der Waals surface area contributed by atoms with Crippen molar-refractivity contribution in [2.75, 3.05) is 19.6 Å². The smallest absolute Gasteiger partial charge is 0.460 e. The maximum Gasteiger partial charge on any atom is 0.519 e. The molecule has 0 aliphatic carbocycles. The summed E-state index contributed by atoms with van der Waals surface area (Å²) in [6.45, 7) is 17.9. The van der Waals surface area contributed by atoms with Gasteiger partial charge >= 0.3 is 18.3 Å². The average Bonchev–Trinajstić information content (AvgIpc) is 2.59. The number of carbonyl (C=O) groups excluding carboxylic acids is 3. The van der Waals surface area contributed by atoms with E-state index in [-0.39, 0.29) is 11.6 Å². The molecule has 0 unspecified atom stereocenters. The van der Waals surface area contributed by atoms with Gasteiger partial charge in [-0.25, -0.2) is 9.59 Å². The Bertz CT molecular complexity index is 518. The van der Waals surface area contributed by atoms with E-state index < -0.39 is 23.5 Å². The summed E-state index contributed by atoms with van der Waals surface area (Å²) in [5, 5.41) is 0. The van der Waals surface area contributed by atoms with Crippen LogP contribution in [-0.2, 0) is 23.7 Å². The quantitative estimate of drug-likeness (QED) is 0.191. The van der Waals surface area contributed by atoms with Gasteiger partial charge in [-0.1, -0.05) is 6.42 Å². The Balaban J connectivity index is -0.000000461. The van der Waals surface area contributed by atoms with Crippen LogP contribution in [0.3, 0.4) is 0 Å². The average molecular weight is 494 g/mol. The van der Waals surface area contributed by atoms with Crippen LogP contribution in [0.4, 0.5) is 9.59 Å². The molecule has 0 atom stereocenters. The van der Waals surface area contributed by atoms with Crippen molar-refractivity contribution < 1.29 is 33.3 Å². The minimum atomic E-state index is -1.06. The van der Waals surface area contributed by atoms with Gasteiger partial charge in [0.2, 0.25) is 0 Å². The van der Waals surface area contributed by atoms with E-state index >= 15 is 0 Å². The van der Waals surface area contributed by atoms with Crippen LogP contribution >= 0.6 is 0 Å². The van der Waals surface area contributed by atoms with Crippen molar-refractivity contribution in [2.24, 2.45) is 17.2 Å².